The van der Waals surface area contributed by atoms with E-state index in [-0.39, 0.29) is 24.6 Å². The Kier molecular flexibility index (Phi) is 7.23. The zero-order valence-electron chi connectivity index (χ0n) is 16.2. The molecule has 1 aromatic heterocycles. The van der Waals surface area contributed by atoms with Crippen LogP contribution in [0.2, 0.25) is 0 Å². The maximum atomic E-state index is 12.3. The number of H-pyrrole nitrogens is 1. The third-order valence-corrected chi connectivity index (χ3v) is 4.13. The van der Waals surface area contributed by atoms with Crippen molar-refractivity contribution >= 4 is 23.1 Å². The molecule has 2 N–H and O–H groups in total. The standard InChI is InChI=1S/C21H26N2O4/c1-14(2)6-5-7-15(3)10-11-26-19-17-9-8-16(22-4)12-18(17)23-21(25)20(19)27-13-24/h6,8-10,12-13,22H,5,7,11H2,1-4H3,(H,23,25)/b15-10+. The van der Waals surface area contributed by atoms with Crippen molar-refractivity contribution in [1.29, 1.82) is 0 Å². The fourth-order valence-electron chi connectivity index (χ4n) is 2.66. The van der Waals surface area contributed by atoms with E-state index in [1.54, 1.807) is 13.1 Å². The van der Waals surface area contributed by atoms with Crippen molar-refractivity contribution in [1.82, 2.24) is 4.98 Å². The van der Waals surface area contributed by atoms with Crippen molar-refractivity contribution in [3.8, 4) is 11.5 Å². The van der Waals surface area contributed by atoms with Crippen LogP contribution in [0.1, 0.15) is 33.6 Å². The molecule has 6 heteroatoms. The summed E-state index contributed by atoms with van der Waals surface area (Å²) in [7, 11) is 1.79. The highest BCUT2D eigenvalue weighted by Gasteiger charge is 2.16. The number of aromatic amines is 1. The lowest BCUT2D eigenvalue weighted by Gasteiger charge is -2.12. The Morgan fingerprint density at radius 3 is 2.63 bits per heavy atom. The van der Waals surface area contributed by atoms with E-state index in [4.69, 9.17) is 9.47 Å². The Morgan fingerprint density at radius 1 is 1.19 bits per heavy atom. The lowest BCUT2D eigenvalue weighted by Crippen LogP contribution is -2.13. The van der Waals surface area contributed by atoms with Gasteiger partial charge < -0.3 is 19.8 Å². The minimum absolute atomic E-state index is 0.134. The van der Waals surface area contributed by atoms with Gasteiger partial charge in [-0.05, 0) is 57.9 Å². The van der Waals surface area contributed by atoms with E-state index in [0.29, 0.717) is 10.9 Å². The number of hydrogen-bond donors (Lipinski definition) is 2. The van der Waals surface area contributed by atoms with Crippen LogP contribution >= 0.6 is 0 Å². The highest BCUT2D eigenvalue weighted by Crippen LogP contribution is 2.32. The largest absolute Gasteiger partial charge is 0.485 e. The number of anilines is 1. The van der Waals surface area contributed by atoms with Crippen LogP contribution in [-0.2, 0) is 4.79 Å². The Hall–Kier alpha value is -3.02. The second-order valence-corrected chi connectivity index (χ2v) is 6.52. The van der Waals surface area contributed by atoms with Crippen molar-refractivity contribution in [3.63, 3.8) is 0 Å². The number of hydrogen-bond acceptors (Lipinski definition) is 5. The van der Waals surface area contributed by atoms with E-state index in [1.807, 2.05) is 25.1 Å². The molecule has 0 fully saturated rings. The molecule has 0 spiro atoms. The molecule has 0 atom stereocenters. The molecule has 0 bridgehead atoms. The van der Waals surface area contributed by atoms with Gasteiger partial charge in [0.05, 0.1) is 5.52 Å². The summed E-state index contributed by atoms with van der Waals surface area (Å²) < 4.78 is 10.7. The fourth-order valence-corrected chi connectivity index (χ4v) is 2.66. The van der Waals surface area contributed by atoms with Gasteiger partial charge in [0.2, 0.25) is 5.75 Å². The van der Waals surface area contributed by atoms with E-state index in [9.17, 15) is 9.59 Å². The van der Waals surface area contributed by atoms with Gasteiger partial charge in [0.15, 0.2) is 5.75 Å². The maximum absolute atomic E-state index is 12.3. The van der Waals surface area contributed by atoms with Crippen LogP contribution in [0.3, 0.4) is 0 Å². The molecule has 1 heterocycles. The maximum Gasteiger partial charge on any atom is 0.298 e. The van der Waals surface area contributed by atoms with Crippen LogP contribution in [0, 0.1) is 0 Å². The second kappa shape index (κ2) is 9.62. The van der Waals surface area contributed by atoms with Gasteiger partial charge in [-0.3, -0.25) is 9.59 Å². The second-order valence-electron chi connectivity index (χ2n) is 6.52. The molecule has 0 aliphatic rings. The normalized spacial score (nSPS) is 11.2. The van der Waals surface area contributed by atoms with E-state index in [0.717, 1.165) is 18.5 Å². The number of aromatic nitrogens is 1. The summed E-state index contributed by atoms with van der Waals surface area (Å²) in [6.45, 7) is 6.70. The van der Waals surface area contributed by atoms with Crippen molar-refractivity contribution < 1.29 is 14.3 Å². The van der Waals surface area contributed by atoms with E-state index in [2.05, 4.69) is 30.2 Å². The molecule has 2 aromatic rings. The number of rotatable bonds is 9. The van der Waals surface area contributed by atoms with Gasteiger partial charge in [0.25, 0.3) is 12.0 Å². The molecule has 0 saturated carbocycles. The number of benzene rings is 1. The summed E-state index contributed by atoms with van der Waals surface area (Å²) in [5.74, 6) is 0.127. The first-order valence-corrected chi connectivity index (χ1v) is 8.86. The van der Waals surface area contributed by atoms with Crippen LogP contribution in [0.5, 0.6) is 11.5 Å². The topological polar surface area (TPSA) is 80.4 Å². The predicted molar refractivity (Wildman–Crippen MR) is 109 cm³/mol. The molecule has 0 radical (unpaired) electrons. The Bertz CT molecular complexity index is 922. The molecule has 0 aliphatic carbocycles. The van der Waals surface area contributed by atoms with Crippen molar-refractivity contribution in [3.05, 3.63) is 51.9 Å². The molecule has 27 heavy (non-hydrogen) atoms. The number of carbonyl (C=O) groups excluding carboxylic acids is 1. The first-order chi connectivity index (χ1) is 13.0. The molecule has 6 nitrogen and oxygen atoms in total. The minimum Gasteiger partial charge on any atom is -0.485 e. The zero-order chi connectivity index (χ0) is 19.8. The van der Waals surface area contributed by atoms with Crippen molar-refractivity contribution in [2.24, 2.45) is 0 Å². The third-order valence-electron chi connectivity index (χ3n) is 4.13. The monoisotopic (exact) mass is 370 g/mol. The molecule has 2 rings (SSSR count). The zero-order valence-corrected chi connectivity index (χ0v) is 16.2. The van der Waals surface area contributed by atoms with E-state index in [1.165, 1.54) is 11.1 Å². The van der Waals surface area contributed by atoms with Gasteiger partial charge in [0, 0.05) is 18.1 Å². The van der Waals surface area contributed by atoms with Crippen LogP contribution in [-0.4, -0.2) is 25.1 Å². The average Bonchev–Trinajstić information content (AvgIpc) is 2.63. The van der Waals surface area contributed by atoms with Gasteiger partial charge in [0.1, 0.15) is 6.61 Å². The van der Waals surface area contributed by atoms with Crippen molar-refractivity contribution in [2.45, 2.75) is 33.6 Å². The number of ether oxygens (including phenoxy) is 2. The van der Waals surface area contributed by atoms with Gasteiger partial charge in [-0.2, -0.15) is 0 Å². The van der Waals surface area contributed by atoms with Crippen LogP contribution < -0.4 is 20.3 Å². The molecule has 1 aromatic carbocycles. The van der Waals surface area contributed by atoms with Crippen molar-refractivity contribution in [2.75, 3.05) is 19.0 Å². The van der Waals surface area contributed by atoms with Gasteiger partial charge in [-0.1, -0.05) is 17.2 Å². The summed E-state index contributed by atoms with van der Waals surface area (Å²) in [4.78, 5) is 25.8. The Labute approximate surface area is 158 Å². The number of fused-ring (bicyclic) bond motifs is 1. The molecular formula is C21H26N2O4. The number of allylic oxidation sites excluding steroid dienone is 3. The summed E-state index contributed by atoms with van der Waals surface area (Å²) in [5, 5.41) is 3.69. The predicted octanol–water partition coefficient (Wildman–Crippen LogP) is 4.18. The lowest BCUT2D eigenvalue weighted by molar-refractivity contribution is -0.120. The van der Waals surface area contributed by atoms with E-state index < -0.39 is 5.56 Å². The molecule has 0 aliphatic heterocycles. The third kappa shape index (κ3) is 5.48. The Morgan fingerprint density at radius 2 is 1.96 bits per heavy atom. The number of nitrogens with one attached hydrogen (secondary N) is 2. The highest BCUT2D eigenvalue weighted by molar-refractivity contribution is 5.90. The van der Waals surface area contributed by atoms with Crippen LogP contribution in [0.25, 0.3) is 10.9 Å². The first-order valence-electron chi connectivity index (χ1n) is 8.86. The Balaban J connectivity index is 2.29. The van der Waals surface area contributed by atoms with Gasteiger partial charge >= 0.3 is 0 Å². The van der Waals surface area contributed by atoms with Gasteiger partial charge in [-0.15, -0.1) is 0 Å². The first kappa shape index (κ1) is 20.3. The van der Waals surface area contributed by atoms with E-state index >= 15 is 0 Å². The number of pyridine rings is 1. The summed E-state index contributed by atoms with van der Waals surface area (Å²) in [6, 6.07) is 5.48. The SMILES string of the molecule is CNc1ccc2c(OC/C=C(\C)CCC=C(C)C)c(OC=O)c(=O)[nH]c2c1. The number of carbonyl (C=O) groups is 1. The molecule has 0 amide bonds. The van der Waals surface area contributed by atoms with Gasteiger partial charge in [-0.25, -0.2) is 0 Å². The lowest BCUT2D eigenvalue weighted by atomic mass is 10.1. The summed E-state index contributed by atoms with van der Waals surface area (Å²) in [5.41, 5.74) is 3.43. The average molecular weight is 370 g/mol. The highest BCUT2D eigenvalue weighted by atomic mass is 16.5. The summed E-state index contributed by atoms with van der Waals surface area (Å²) >= 11 is 0. The molecular weight excluding hydrogens is 344 g/mol. The quantitative estimate of drug-likeness (QED) is 0.511. The smallest absolute Gasteiger partial charge is 0.298 e. The van der Waals surface area contributed by atoms with Crippen LogP contribution in [0.15, 0.2) is 46.3 Å². The molecule has 144 valence electrons. The summed E-state index contributed by atoms with van der Waals surface area (Å²) in [6.07, 6.45) is 6.08. The molecule has 0 unspecified atom stereocenters. The van der Waals surface area contributed by atoms with Crippen LogP contribution in [0.4, 0.5) is 5.69 Å². The molecule has 0 saturated heterocycles. The minimum atomic E-state index is -0.512. The fraction of sp³-hybridized carbons (Fsp3) is 0.333.